The van der Waals surface area contributed by atoms with Gasteiger partial charge in [0.15, 0.2) is 0 Å². The molecule has 1 aromatic carbocycles. The fourth-order valence-corrected chi connectivity index (χ4v) is 2.85. The zero-order chi connectivity index (χ0) is 11.4. The van der Waals surface area contributed by atoms with Crippen molar-refractivity contribution < 1.29 is 0 Å². The highest BCUT2D eigenvalue weighted by molar-refractivity contribution is 7.98. The van der Waals surface area contributed by atoms with Gasteiger partial charge in [-0.1, -0.05) is 18.2 Å². The zero-order valence-electron chi connectivity index (χ0n) is 9.86. The molecule has 0 spiro atoms. The Hall–Kier alpha value is -0.670. The Morgan fingerprint density at radius 2 is 2.25 bits per heavy atom. The van der Waals surface area contributed by atoms with Crippen LogP contribution >= 0.6 is 11.8 Å². The molecule has 2 rings (SSSR count). The van der Waals surface area contributed by atoms with E-state index in [4.69, 9.17) is 5.73 Å². The molecule has 0 aliphatic carbocycles. The van der Waals surface area contributed by atoms with Crippen LogP contribution in [0.5, 0.6) is 0 Å². The molecule has 3 heteroatoms. The Balaban J connectivity index is 2.14. The third kappa shape index (κ3) is 2.36. The van der Waals surface area contributed by atoms with Crippen molar-refractivity contribution in [2.24, 2.45) is 5.73 Å². The first-order valence-corrected chi connectivity index (χ1v) is 7.29. The predicted octanol–water partition coefficient (Wildman–Crippen LogP) is 2.30. The molecule has 0 saturated carbocycles. The van der Waals surface area contributed by atoms with Crippen LogP contribution in [0.2, 0.25) is 0 Å². The molecule has 88 valence electrons. The Kier molecular flexibility index (Phi) is 4.13. The number of thioether (sulfide) groups is 1. The molecule has 2 N–H and O–H groups in total. The lowest BCUT2D eigenvalue weighted by Crippen LogP contribution is -2.25. The Labute approximate surface area is 102 Å². The summed E-state index contributed by atoms with van der Waals surface area (Å²) in [7, 11) is 0. The molecular formula is C13H20N2S. The number of fused-ring (bicyclic) bond motifs is 1. The van der Waals surface area contributed by atoms with Crippen LogP contribution in [-0.2, 0) is 0 Å². The molecule has 1 heterocycles. The van der Waals surface area contributed by atoms with E-state index in [1.165, 1.54) is 17.0 Å². The van der Waals surface area contributed by atoms with E-state index in [1.54, 1.807) is 0 Å². The maximum atomic E-state index is 5.69. The topological polar surface area (TPSA) is 29.3 Å². The molecule has 1 atom stereocenters. The fourth-order valence-electron chi connectivity index (χ4n) is 2.44. The van der Waals surface area contributed by atoms with Gasteiger partial charge in [-0.15, -0.1) is 0 Å². The lowest BCUT2D eigenvalue weighted by molar-refractivity contribution is 0.651. The third-order valence-electron chi connectivity index (χ3n) is 3.24. The largest absolute Gasteiger partial charge is 0.370 e. The standard InChI is InChI=1S/C13H20N2S/c1-16-9-8-15-10-11(6-7-14)12-4-2-3-5-13(12)15/h2-5,11H,6-10,14H2,1H3. The molecule has 0 amide bonds. The van der Waals surface area contributed by atoms with Gasteiger partial charge in [-0.05, 0) is 30.9 Å². The fraction of sp³-hybridized carbons (Fsp3) is 0.538. The predicted molar refractivity (Wildman–Crippen MR) is 73.4 cm³/mol. The first-order valence-electron chi connectivity index (χ1n) is 5.89. The highest BCUT2D eigenvalue weighted by Crippen LogP contribution is 2.37. The van der Waals surface area contributed by atoms with Gasteiger partial charge < -0.3 is 10.6 Å². The van der Waals surface area contributed by atoms with Crippen molar-refractivity contribution in [2.75, 3.05) is 36.5 Å². The van der Waals surface area contributed by atoms with Crippen molar-refractivity contribution in [1.29, 1.82) is 0 Å². The number of nitrogens with zero attached hydrogens (tertiary/aromatic N) is 1. The smallest absolute Gasteiger partial charge is 0.0402 e. The van der Waals surface area contributed by atoms with E-state index in [9.17, 15) is 0 Å². The maximum absolute atomic E-state index is 5.69. The number of rotatable bonds is 5. The maximum Gasteiger partial charge on any atom is 0.0402 e. The van der Waals surface area contributed by atoms with Crippen LogP contribution in [0.15, 0.2) is 24.3 Å². The van der Waals surface area contributed by atoms with Crippen LogP contribution in [0.4, 0.5) is 5.69 Å². The van der Waals surface area contributed by atoms with Crippen LogP contribution in [0, 0.1) is 0 Å². The molecule has 1 aromatic rings. The molecule has 16 heavy (non-hydrogen) atoms. The summed E-state index contributed by atoms with van der Waals surface area (Å²) in [4.78, 5) is 2.51. The Morgan fingerprint density at radius 3 is 3.00 bits per heavy atom. The average molecular weight is 236 g/mol. The lowest BCUT2D eigenvalue weighted by atomic mass is 9.98. The van der Waals surface area contributed by atoms with E-state index in [1.807, 2.05) is 11.8 Å². The summed E-state index contributed by atoms with van der Waals surface area (Å²) in [6.07, 6.45) is 3.27. The second-order valence-corrected chi connectivity index (χ2v) is 5.26. The Morgan fingerprint density at radius 1 is 1.44 bits per heavy atom. The second-order valence-electron chi connectivity index (χ2n) is 4.27. The SMILES string of the molecule is CSCCN1CC(CCN)c2ccccc21. The highest BCUT2D eigenvalue weighted by atomic mass is 32.2. The van der Waals surface area contributed by atoms with E-state index in [0.717, 1.165) is 26.1 Å². The van der Waals surface area contributed by atoms with Gasteiger partial charge in [0.05, 0.1) is 0 Å². The van der Waals surface area contributed by atoms with E-state index < -0.39 is 0 Å². The lowest BCUT2D eigenvalue weighted by Gasteiger charge is -2.19. The molecular weight excluding hydrogens is 216 g/mol. The quantitative estimate of drug-likeness (QED) is 0.850. The summed E-state index contributed by atoms with van der Waals surface area (Å²) in [6.45, 7) is 3.09. The van der Waals surface area contributed by atoms with Gasteiger partial charge in [-0.2, -0.15) is 11.8 Å². The monoisotopic (exact) mass is 236 g/mol. The number of para-hydroxylation sites is 1. The summed E-state index contributed by atoms with van der Waals surface area (Å²) >= 11 is 1.91. The first kappa shape index (κ1) is 11.8. The summed E-state index contributed by atoms with van der Waals surface area (Å²) in [5.41, 5.74) is 8.61. The van der Waals surface area contributed by atoms with Crippen molar-refractivity contribution >= 4 is 17.4 Å². The van der Waals surface area contributed by atoms with Crippen LogP contribution in [0.3, 0.4) is 0 Å². The van der Waals surface area contributed by atoms with Crippen molar-refractivity contribution in [2.45, 2.75) is 12.3 Å². The molecule has 0 radical (unpaired) electrons. The van der Waals surface area contributed by atoms with Crippen LogP contribution in [0.25, 0.3) is 0 Å². The van der Waals surface area contributed by atoms with E-state index in [-0.39, 0.29) is 0 Å². The molecule has 0 saturated heterocycles. The molecule has 2 nitrogen and oxygen atoms in total. The van der Waals surface area contributed by atoms with Gasteiger partial charge in [0.2, 0.25) is 0 Å². The minimum absolute atomic E-state index is 0.642. The van der Waals surface area contributed by atoms with Gasteiger partial charge >= 0.3 is 0 Å². The normalized spacial score (nSPS) is 18.9. The first-order chi connectivity index (χ1) is 7.86. The molecule has 0 bridgehead atoms. The number of hydrogen-bond acceptors (Lipinski definition) is 3. The van der Waals surface area contributed by atoms with Crippen LogP contribution in [-0.4, -0.2) is 31.6 Å². The molecule has 0 aromatic heterocycles. The van der Waals surface area contributed by atoms with Gasteiger partial charge in [-0.3, -0.25) is 0 Å². The summed E-state index contributed by atoms with van der Waals surface area (Å²) in [6, 6.07) is 8.77. The number of benzene rings is 1. The number of hydrogen-bond donors (Lipinski definition) is 1. The minimum atomic E-state index is 0.642. The van der Waals surface area contributed by atoms with Crippen molar-refractivity contribution in [3.05, 3.63) is 29.8 Å². The van der Waals surface area contributed by atoms with Gasteiger partial charge in [0.25, 0.3) is 0 Å². The molecule has 1 unspecified atom stereocenters. The van der Waals surface area contributed by atoms with Gasteiger partial charge in [0, 0.05) is 30.4 Å². The van der Waals surface area contributed by atoms with Crippen molar-refractivity contribution in [3.8, 4) is 0 Å². The second kappa shape index (κ2) is 5.60. The van der Waals surface area contributed by atoms with Crippen molar-refractivity contribution in [3.63, 3.8) is 0 Å². The molecule has 0 fully saturated rings. The minimum Gasteiger partial charge on any atom is -0.370 e. The summed E-state index contributed by atoms with van der Waals surface area (Å²) < 4.78 is 0. The van der Waals surface area contributed by atoms with E-state index >= 15 is 0 Å². The van der Waals surface area contributed by atoms with Crippen LogP contribution in [0.1, 0.15) is 17.9 Å². The number of nitrogens with two attached hydrogens (primary N) is 1. The zero-order valence-corrected chi connectivity index (χ0v) is 10.7. The van der Waals surface area contributed by atoms with Crippen LogP contribution < -0.4 is 10.6 Å². The van der Waals surface area contributed by atoms with Crippen molar-refractivity contribution in [1.82, 2.24) is 0 Å². The highest BCUT2D eigenvalue weighted by Gasteiger charge is 2.26. The summed E-state index contributed by atoms with van der Waals surface area (Å²) in [5, 5.41) is 0. The van der Waals surface area contributed by atoms with E-state index in [0.29, 0.717) is 5.92 Å². The molecule has 1 aliphatic rings. The van der Waals surface area contributed by atoms with Gasteiger partial charge in [-0.25, -0.2) is 0 Å². The number of anilines is 1. The average Bonchev–Trinajstić information content (AvgIpc) is 2.66. The van der Waals surface area contributed by atoms with E-state index in [2.05, 4.69) is 35.4 Å². The Bertz CT molecular complexity index is 340. The third-order valence-corrected chi connectivity index (χ3v) is 3.83. The summed E-state index contributed by atoms with van der Waals surface area (Å²) in [5.74, 6) is 1.84. The molecule has 1 aliphatic heterocycles. The van der Waals surface area contributed by atoms with Gasteiger partial charge in [0.1, 0.15) is 0 Å².